The molecule has 182 valence electrons. The molecule has 0 aromatic carbocycles. The molecule has 0 bridgehead atoms. The second-order valence-corrected chi connectivity index (χ2v) is 5.88. The zero-order valence-corrected chi connectivity index (χ0v) is 18.8. The summed E-state index contributed by atoms with van der Waals surface area (Å²) in [5.74, 6) is 0. The van der Waals surface area contributed by atoms with Crippen LogP contribution in [0.2, 0.25) is 0 Å². The van der Waals surface area contributed by atoms with Crippen LogP contribution < -0.4 is 0 Å². The highest BCUT2D eigenvalue weighted by Crippen LogP contribution is 1.86. The van der Waals surface area contributed by atoms with Crippen molar-refractivity contribution < 1.29 is 47.4 Å². The van der Waals surface area contributed by atoms with Gasteiger partial charge in [-0.1, -0.05) is 0 Å². The Morgan fingerprint density at radius 2 is 0.367 bits per heavy atom. The standard InChI is InChI=1S/C20H42O10/c1-21-3-5-23-7-9-25-11-13-27-15-17-29-19-20-30-18-16-28-14-12-26-10-8-24-6-4-22-2/h3-20H2,1-2H3. The first-order valence-electron chi connectivity index (χ1n) is 10.5. The quantitative estimate of drug-likeness (QED) is 0.167. The Labute approximate surface area is 181 Å². The Balaban J connectivity index is 2.97. The second kappa shape index (κ2) is 28.6. The van der Waals surface area contributed by atoms with Crippen LogP contribution in [0.1, 0.15) is 0 Å². The van der Waals surface area contributed by atoms with Crippen LogP contribution in [-0.2, 0) is 47.4 Å². The number of ether oxygens (including phenoxy) is 10. The van der Waals surface area contributed by atoms with Crippen molar-refractivity contribution in [1.82, 2.24) is 0 Å². The lowest BCUT2D eigenvalue weighted by molar-refractivity contribution is -0.0252. The largest absolute Gasteiger partial charge is 0.382 e. The van der Waals surface area contributed by atoms with Crippen LogP contribution in [0.3, 0.4) is 0 Å². The van der Waals surface area contributed by atoms with E-state index in [4.69, 9.17) is 47.4 Å². The first-order valence-corrected chi connectivity index (χ1v) is 10.5. The normalized spacial score (nSPS) is 11.4. The molecule has 0 amide bonds. The Morgan fingerprint density at radius 3 is 0.500 bits per heavy atom. The summed E-state index contributed by atoms with van der Waals surface area (Å²) in [5, 5.41) is 0. The second-order valence-electron chi connectivity index (χ2n) is 5.88. The van der Waals surface area contributed by atoms with E-state index < -0.39 is 0 Å². The van der Waals surface area contributed by atoms with E-state index in [1.165, 1.54) is 0 Å². The van der Waals surface area contributed by atoms with Gasteiger partial charge in [-0.05, 0) is 0 Å². The van der Waals surface area contributed by atoms with Gasteiger partial charge in [-0.25, -0.2) is 0 Å². The van der Waals surface area contributed by atoms with Crippen molar-refractivity contribution in [3.8, 4) is 0 Å². The molecular formula is C20H42O10. The van der Waals surface area contributed by atoms with Gasteiger partial charge in [-0.15, -0.1) is 0 Å². The van der Waals surface area contributed by atoms with E-state index in [9.17, 15) is 0 Å². The summed E-state index contributed by atoms with van der Waals surface area (Å²) < 4.78 is 52.7. The zero-order chi connectivity index (χ0) is 21.8. The van der Waals surface area contributed by atoms with E-state index in [-0.39, 0.29) is 0 Å². The van der Waals surface area contributed by atoms with Gasteiger partial charge in [0.15, 0.2) is 0 Å². The number of rotatable bonds is 27. The van der Waals surface area contributed by atoms with Crippen molar-refractivity contribution in [1.29, 1.82) is 0 Å². The third-order valence-corrected chi connectivity index (χ3v) is 3.47. The van der Waals surface area contributed by atoms with Crippen LogP contribution in [0.5, 0.6) is 0 Å². The molecule has 30 heavy (non-hydrogen) atoms. The van der Waals surface area contributed by atoms with Gasteiger partial charge in [0.25, 0.3) is 0 Å². The molecule has 0 unspecified atom stereocenters. The van der Waals surface area contributed by atoms with Crippen LogP contribution in [-0.4, -0.2) is 133 Å². The smallest absolute Gasteiger partial charge is 0.0701 e. The molecular weight excluding hydrogens is 400 g/mol. The Hall–Kier alpha value is -0.400. The van der Waals surface area contributed by atoms with Gasteiger partial charge in [0, 0.05) is 14.2 Å². The van der Waals surface area contributed by atoms with Crippen LogP contribution in [0.4, 0.5) is 0 Å². The summed E-state index contributed by atoms with van der Waals surface area (Å²) in [6.07, 6.45) is 0. The highest BCUT2D eigenvalue weighted by atomic mass is 16.6. The molecule has 0 rings (SSSR count). The molecule has 0 radical (unpaired) electrons. The fraction of sp³-hybridized carbons (Fsp3) is 1.00. The lowest BCUT2D eigenvalue weighted by atomic mass is 10.6. The maximum Gasteiger partial charge on any atom is 0.0701 e. The van der Waals surface area contributed by atoms with Crippen LogP contribution in [0.25, 0.3) is 0 Å². The summed E-state index contributed by atoms with van der Waals surface area (Å²) in [5.41, 5.74) is 0. The third-order valence-electron chi connectivity index (χ3n) is 3.47. The fourth-order valence-corrected chi connectivity index (χ4v) is 1.93. The van der Waals surface area contributed by atoms with E-state index in [1.54, 1.807) is 14.2 Å². The van der Waals surface area contributed by atoms with Gasteiger partial charge in [0.2, 0.25) is 0 Å². The molecule has 10 heteroatoms. The molecule has 0 aliphatic carbocycles. The summed E-state index contributed by atoms with van der Waals surface area (Å²) in [4.78, 5) is 0. The molecule has 0 saturated heterocycles. The van der Waals surface area contributed by atoms with E-state index in [0.717, 1.165) is 0 Å². The van der Waals surface area contributed by atoms with E-state index in [2.05, 4.69) is 0 Å². The van der Waals surface area contributed by atoms with Crippen molar-refractivity contribution in [2.45, 2.75) is 0 Å². The zero-order valence-electron chi connectivity index (χ0n) is 18.8. The number of methoxy groups -OCH3 is 2. The molecule has 0 aromatic rings. The molecule has 10 nitrogen and oxygen atoms in total. The van der Waals surface area contributed by atoms with Crippen LogP contribution >= 0.6 is 0 Å². The van der Waals surface area contributed by atoms with Crippen molar-refractivity contribution in [3.63, 3.8) is 0 Å². The first-order chi connectivity index (χ1) is 14.9. The minimum Gasteiger partial charge on any atom is -0.382 e. The monoisotopic (exact) mass is 442 g/mol. The van der Waals surface area contributed by atoms with E-state index in [0.29, 0.717) is 119 Å². The van der Waals surface area contributed by atoms with Crippen LogP contribution in [0.15, 0.2) is 0 Å². The maximum absolute atomic E-state index is 5.42. The Morgan fingerprint density at radius 1 is 0.233 bits per heavy atom. The molecule has 0 spiro atoms. The van der Waals surface area contributed by atoms with Gasteiger partial charge in [-0.3, -0.25) is 0 Å². The Bertz CT molecular complexity index is 269. The van der Waals surface area contributed by atoms with Gasteiger partial charge >= 0.3 is 0 Å². The molecule has 0 aromatic heterocycles. The highest BCUT2D eigenvalue weighted by Gasteiger charge is 1.95. The van der Waals surface area contributed by atoms with Gasteiger partial charge in [0.05, 0.1) is 119 Å². The molecule has 0 atom stereocenters. The predicted octanol–water partition coefficient (Wildman–Crippen LogP) is 0.412. The van der Waals surface area contributed by atoms with E-state index in [1.807, 2.05) is 0 Å². The molecule has 0 N–H and O–H groups in total. The number of hydrogen-bond donors (Lipinski definition) is 0. The van der Waals surface area contributed by atoms with Crippen molar-refractivity contribution >= 4 is 0 Å². The van der Waals surface area contributed by atoms with Gasteiger partial charge in [-0.2, -0.15) is 0 Å². The maximum atomic E-state index is 5.42. The summed E-state index contributed by atoms with van der Waals surface area (Å²) in [6, 6.07) is 0. The van der Waals surface area contributed by atoms with Crippen molar-refractivity contribution in [2.75, 3.05) is 133 Å². The number of hydrogen-bond acceptors (Lipinski definition) is 10. The highest BCUT2D eigenvalue weighted by molar-refractivity contribution is 4.38. The average molecular weight is 443 g/mol. The molecule has 0 aliphatic rings. The first kappa shape index (κ1) is 29.6. The minimum atomic E-state index is 0.533. The van der Waals surface area contributed by atoms with Crippen molar-refractivity contribution in [3.05, 3.63) is 0 Å². The topological polar surface area (TPSA) is 92.3 Å². The lowest BCUT2D eigenvalue weighted by Crippen LogP contribution is -2.15. The fourth-order valence-electron chi connectivity index (χ4n) is 1.93. The summed E-state index contributed by atoms with van der Waals surface area (Å²) >= 11 is 0. The summed E-state index contributed by atoms with van der Waals surface area (Å²) in [7, 11) is 3.29. The van der Waals surface area contributed by atoms with E-state index >= 15 is 0 Å². The predicted molar refractivity (Wildman–Crippen MR) is 110 cm³/mol. The minimum absolute atomic E-state index is 0.533. The molecule has 0 heterocycles. The van der Waals surface area contributed by atoms with Crippen molar-refractivity contribution in [2.24, 2.45) is 0 Å². The molecule has 0 aliphatic heterocycles. The van der Waals surface area contributed by atoms with Gasteiger partial charge in [0.1, 0.15) is 0 Å². The summed E-state index contributed by atoms with van der Waals surface area (Å²) in [6.45, 7) is 10.0. The lowest BCUT2D eigenvalue weighted by Gasteiger charge is -2.08. The Kier molecular flexibility index (Phi) is 28.2. The SMILES string of the molecule is COCCOCCOCCOCCOCCOCCOCCOCCOCCOC. The molecule has 0 saturated carbocycles. The third kappa shape index (κ3) is 27.6. The molecule has 0 fully saturated rings. The van der Waals surface area contributed by atoms with Gasteiger partial charge < -0.3 is 47.4 Å². The average Bonchev–Trinajstić information content (AvgIpc) is 2.76. The van der Waals surface area contributed by atoms with Crippen LogP contribution in [0, 0.1) is 0 Å².